The molecule has 3 unspecified atom stereocenters. The van der Waals surface area contributed by atoms with Crippen molar-refractivity contribution in [3.05, 3.63) is 0 Å². The van der Waals surface area contributed by atoms with Crippen molar-refractivity contribution >= 4 is 15.7 Å². The van der Waals surface area contributed by atoms with Crippen molar-refractivity contribution in [2.24, 2.45) is 5.92 Å². The Morgan fingerprint density at radius 1 is 1.30 bits per heavy atom. The molecule has 2 aliphatic heterocycles. The van der Waals surface area contributed by atoms with Crippen molar-refractivity contribution in [1.82, 2.24) is 10.2 Å². The van der Waals surface area contributed by atoms with E-state index >= 15 is 0 Å². The van der Waals surface area contributed by atoms with E-state index in [4.69, 9.17) is 0 Å². The molecule has 2 fully saturated rings. The van der Waals surface area contributed by atoms with Crippen LogP contribution in [0.5, 0.6) is 0 Å². The molecular formula is C14H26N2O3S. The number of carbonyl (C=O) groups is 1. The SMILES string of the molecule is CCC1CN(C(=O)CC2CCS(=O)(=O)C2)C(CC)CN1. The summed E-state index contributed by atoms with van der Waals surface area (Å²) in [6.45, 7) is 5.83. The minimum absolute atomic E-state index is 0.0277. The molecule has 2 heterocycles. The summed E-state index contributed by atoms with van der Waals surface area (Å²) in [4.78, 5) is 14.5. The molecule has 0 radical (unpaired) electrons. The Morgan fingerprint density at radius 2 is 2.05 bits per heavy atom. The number of nitrogens with one attached hydrogen (secondary N) is 1. The van der Waals surface area contributed by atoms with Crippen molar-refractivity contribution in [3.8, 4) is 0 Å². The zero-order valence-electron chi connectivity index (χ0n) is 12.5. The standard InChI is InChI=1S/C14H26N2O3S/c1-3-12-9-16(13(4-2)8-15-12)14(17)7-11-5-6-20(18,19)10-11/h11-13,15H,3-10H2,1-2H3. The molecule has 0 aliphatic carbocycles. The average molecular weight is 302 g/mol. The van der Waals surface area contributed by atoms with Crippen LogP contribution in [0.25, 0.3) is 0 Å². The number of carbonyl (C=O) groups excluding carboxylic acids is 1. The van der Waals surface area contributed by atoms with Gasteiger partial charge in [0.1, 0.15) is 0 Å². The van der Waals surface area contributed by atoms with Gasteiger partial charge in [-0.1, -0.05) is 13.8 Å². The number of hydrogen-bond acceptors (Lipinski definition) is 4. The van der Waals surface area contributed by atoms with Gasteiger partial charge in [0.05, 0.1) is 11.5 Å². The van der Waals surface area contributed by atoms with Gasteiger partial charge >= 0.3 is 0 Å². The Bertz CT molecular complexity index is 449. The molecule has 1 N–H and O–H groups in total. The van der Waals surface area contributed by atoms with Gasteiger partial charge in [-0.05, 0) is 25.2 Å². The predicted octanol–water partition coefficient (Wildman–Crippen LogP) is 0.800. The minimum atomic E-state index is -2.89. The van der Waals surface area contributed by atoms with Crippen LogP contribution >= 0.6 is 0 Å². The number of sulfone groups is 1. The third kappa shape index (κ3) is 3.73. The molecule has 2 saturated heterocycles. The van der Waals surface area contributed by atoms with Gasteiger partial charge in [-0.15, -0.1) is 0 Å². The second-order valence-corrected chi connectivity index (χ2v) is 8.32. The second kappa shape index (κ2) is 6.43. The fraction of sp³-hybridized carbons (Fsp3) is 0.929. The van der Waals surface area contributed by atoms with E-state index in [2.05, 4.69) is 19.2 Å². The van der Waals surface area contributed by atoms with Crippen molar-refractivity contribution in [2.75, 3.05) is 24.6 Å². The lowest BCUT2D eigenvalue weighted by molar-refractivity contribution is -0.136. The lowest BCUT2D eigenvalue weighted by Gasteiger charge is -2.40. The fourth-order valence-electron chi connectivity index (χ4n) is 3.20. The van der Waals surface area contributed by atoms with E-state index in [1.54, 1.807) is 0 Å². The van der Waals surface area contributed by atoms with Crippen molar-refractivity contribution < 1.29 is 13.2 Å². The highest BCUT2D eigenvalue weighted by molar-refractivity contribution is 7.91. The van der Waals surface area contributed by atoms with Gasteiger partial charge in [-0.25, -0.2) is 8.42 Å². The monoisotopic (exact) mass is 302 g/mol. The van der Waals surface area contributed by atoms with Gasteiger partial charge in [-0.3, -0.25) is 4.79 Å². The molecule has 20 heavy (non-hydrogen) atoms. The normalized spacial score (nSPS) is 33.3. The molecule has 116 valence electrons. The number of hydrogen-bond donors (Lipinski definition) is 1. The van der Waals surface area contributed by atoms with E-state index < -0.39 is 9.84 Å². The Morgan fingerprint density at radius 3 is 2.60 bits per heavy atom. The predicted molar refractivity (Wildman–Crippen MR) is 79.3 cm³/mol. The number of rotatable bonds is 4. The third-order valence-electron chi connectivity index (χ3n) is 4.57. The van der Waals surface area contributed by atoms with Gasteiger partial charge in [0.2, 0.25) is 5.91 Å². The molecule has 0 saturated carbocycles. The molecule has 5 nitrogen and oxygen atoms in total. The topological polar surface area (TPSA) is 66.5 Å². The molecule has 0 aromatic heterocycles. The van der Waals surface area contributed by atoms with E-state index in [1.807, 2.05) is 4.90 Å². The smallest absolute Gasteiger partial charge is 0.223 e. The van der Waals surface area contributed by atoms with E-state index in [0.29, 0.717) is 18.9 Å². The molecule has 0 spiro atoms. The number of amides is 1. The maximum Gasteiger partial charge on any atom is 0.223 e. The van der Waals surface area contributed by atoms with E-state index in [0.717, 1.165) is 25.9 Å². The van der Waals surface area contributed by atoms with Crippen LogP contribution in [0.15, 0.2) is 0 Å². The van der Waals surface area contributed by atoms with E-state index in [-0.39, 0.29) is 29.4 Å². The summed E-state index contributed by atoms with van der Waals surface area (Å²) in [6.07, 6.45) is 3.00. The molecule has 2 rings (SSSR count). The number of piperazine rings is 1. The van der Waals surface area contributed by atoms with Crippen LogP contribution in [0.4, 0.5) is 0 Å². The largest absolute Gasteiger partial charge is 0.337 e. The summed E-state index contributed by atoms with van der Waals surface area (Å²) < 4.78 is 23.0. The van der Waals surface area contributed by atoms with Gasteiger partial charge < -0.3 is 10.2 Å². The van der Waals surface area contributed by atoms with Gasteiger partial charge in [-0.2, -0.15) is 0 Å². The lowest BCUT2D eigenvalue weighted by Crippen LogP contribution is -2.58. The maximum atomic E-state index is 12.5. The van der Waals surface area contributed by atoms with Crippen molar-refractivity contribution in [2.45, 2.75) is 51.6 Å². The summed E-state index contributed by atoms with van der Waals surface area (Å²) in [6, 6.07) is 0.623. The zero-order valence-corrected chi connectivity index (χ0v) is 13.3. The third-order valence-corrected chi connectivity index (χ3v) is 6.41. The summed E-state index contributed by atoms with van der Waals surface area (Å²) in [5.41, 5.74) is 0. The molecule has 0 aromatic carbocycles. The van der Waals surface area contributed by atoms with Gasteiger partial charge in [0.25, 0.3) is 0 Å². The van der Waals surface area contributed by atoms with Crippen LogP contribution in [-0.2, 0) is 14.6 Å². The molecule has 6 heteroatoms. The summed E-state index contributed by atoms with van der Waals surface area (Å²) >= 11 is 0. The van der Waals surface area contributed by atoms with Crippen LogP contribution in [0.2, 0.25) is 0 Å². The molecular weight excluding hydrogens is 276 g/mol. The van der Waals surface area contributed by atoms with Crippen LogP contribution in [0.3, 0.4) is 0 Å². The minimum Gasteiger partial charge on any atom is -0.337 e. The molecule has 2 aliphatic rings. The first-order chi connectivity index (χ1) is 9.45. The first-order valence-electron chi connectivity index (χ1n) is 7.68. The lowest BCUT2D eigenvalue weighted by atomic mass is 10.0. The molecule has 3 atom stereocenters. The first kappa shape index (κ1) is 15.8. The molecule has 0 aromatic rings. The summed E-state index contributed by atoms with van der Waals surface area (Å²) in [5.74, 6) is 0.610. The zero-order chi connectivity index (χ0) is 14.8. The Balaban J connectivity index is 1.95. The Hall–Kier alpha value is -0.620. The van der Waals surface area contributed by atoms with Crippen LogP contribution in [0, 0.1) is 5.92 Å². The first-order valence-corrected chi connectivity index (χ1v) is 9.50. The second-order valence-electron chi connectivity index (χ2n) is 6.09. The maximum absolute atomic E-state index is 12.5. The summed E-state index contributed by atoms with van der Waals surface area (Å²) in [5, 5.41) is 3.47. The number of nitrogens with zero attached hydrogens (tertiary/aromatic N) is 1. The van der Waals surface area contributed by atoms with Gasteiger partial charge in [0.15, 0.2) is 9.84 Å². The summed E-state index contributed by atoms with van der Waals surface area (Å²) in [7, 11) is -2.89. The highest BCUT2D eigenvalue weighted by Gasteiger charge is 2.34. The fourth-order valence-corrected chi connectivity index (χ4v) is 5.07. The van der Waals surface area contributed by atoms with Crippen LogP contribution in [0.1, 0.15) is 39.5 Å². The molecule has 0 bridgehead atoms. The Kier molecular flexibility index (Phi) is 5.07. The quantitative estimate of drug-likeness (QED) is 0.834. The highest BCUT2D eigenvalue weighted by Crippen LogP contribution is 2.24. The van der Waals surface area contributed by atoms with E-state index in [9.17, 15) is 13.2 Å². The van der Waals surface area contributed by atoms with Crippen molar-refractivity contribution in [1.29, 1.82) is 0 Å². The van der Waals surface area contributed by atoms with Crippen LogP contribution < -0.4 is 5.32 Å². The molecule has 1 amide bonds. The Labute approximate surface area is 122 Å². The highest BCUT2D eigenvalue weighted by atomic mass is 32.2. The van der Waals surface area contributed by atoms with Crippen molar-refractivity contribution in [3.63, 3.8) is 0 Å². The average Bonchev–Trinajstić information content (AvgIpc) is 2.77. The van der Waals surface area contributed by atoms with E-state index in [1.165, 1.54) is 0 Å². The van der Waals surface area contributed by atoms with Crippen LogP contribution in [-0.4, -0.2) is 55.9 Å². The van der Waals surface area contributed by atoms with Gasteiger partial charge in [0, 0.05) is 31.6 Å².